The van der Waals surface area contributed by atoms with E-state index >= 15 is 0 Å². The maximum absolute atomic E-state index is 12.2. The molecule has 0 saturated heterocycles. The van der Waals surface area contributed by atoms with Gasteiger partial charge >= 0.3 is 0 Å². The third-order valence-electron chi connectivity index (χ3n) is 3.79. The lowest BCUT2D eigenvalue weighted by atomic mass is 9.88. The SMILES string of the molecule is C[C@@H](/C=C/C1CCCCC1)C(=O)c1ccccc1. The summed E-state index contributed by atoms with van der Waals surface area (Å²) in [5.74, 6) is 0.918. The minimum Gasteiger partial charge on any atom is -0.294 e. The Balaban J connectivity index is 1.92. The minimum atomic E-state index is -0.00525. The molecule has 0 amide bonds. The summed E-state index contributed by atoms with van der Waals surface area (Å²) in [6.45, 7) is 1.99. The summed E-state index contributed by atoms with van der Waals surface area (Å²) in [5.41, 5.74) is 0.818. The van der Waals surface area contributed by atoms with Crippen molar-refractivity contribution in [3.8, 4) is 0 Å². The molecule has 2 rings (SSSR count). The normalized spacial score (nSPS) is 18.9. The van der Waals surface area contributed by atoms with Gasteiger partial charge in [0.1, 0.15) is 0 Å². The second-order valence-corrected chi connectivity index (χ2v) is 5.30. The molecule has 1 aromatic rings. The van der Waals surface area contributed by atoms with Crippen molar-refractivity contribution >= 4 is 5.78 Å². The molecule has 0 radical (unpaired) electrons. The van der Waals surface area contributed by atoms with E-state index in [0.717, 1.165) is 5.56 Å². The van der Waals surface area contributed by atoms with Crippen LogP contribution in [-0.2, 0) is 0 Å². The smallest absolute Gasteiger partial charge is 0.169 e. The number of rotatable bonds is 4. The maximum atomic E-state index is 12.2. The molecule has 1 atom stereocenters. The molecule has 1 fully saturated rings. The van der Waals surface area contributed by atoms with Gasteiger partial charge in [-0.15, -0.1) is 0 Å². The van der Waals surface area contributed by atoms with Gasteiger partial charge < -0.3 is 0 Å². The highest BCUT2D eigenvalue weighted by molar-refractivity contribution is 5.98. The van der Waals surface area contributed by atoms with Gasteiger partial charge in [0.15, 0.2) is 5.78 Å². The second kappa shape index (κ2) is 6.53. The van der Waals surface area contributed by atoms with Crippen LogP contribution < -0.4 is 0 Å². The van der Waals surface area contributed by atoms with Gasteiger partial charge in [-0.1, -0.05) is 68.7 Å². The highest BCUT2D eigenvalue weighted by Crippen LogP contribution is 2.25. The van der Waals surface area contributed by atoms with E-state index in [1.165, 1.54) is 32.1 Å². The predicted octanol–water partition coefficient (Wildman–Crippen LogP) is 4.64. The van der Waals surface area contributed by atoms with E-state index in [1.807, 2.05) is 37.3 Å². The fraction of sp³-hybridized carbons (Fsp3) is 0.471. The van der Waals surface area contributed by atoms with Crippen LogP contribution in [0.25, 0.3) is 0 Å². The third-order valence-corrected chi connectivity index (χ3v) is 3.79. The highest BCUT2D eigenvalue weighted by Gasteiger charge is 2.14. The lowest BCUT2D eigenvalue weighted by molar-refractivity contribution is 0.0953. The van der Waals surface area contributed by atoms with Crippen LogP contribution in [0.5, 0.6) is 0 Å². The molecular weight excluding hydrogens is 220 g/mol. The van der Waals surface area contributed by atoms with Gasteiger partial charge in [-0.25, -0.2) is 0 Å². The number of ketones is 1. The Morgan fingerprint density at radius 2 is 1.83 bits per heavy atom. The molecule has 0 bridgehead atoms. The van der Waals surface area contributed by atoms with Gasteiger partial charge in [0, 0.05) is 11.5 Å². The van der Waals surface area contributed by atoms with Crippen LogP contribution in [0.4, 0.5) is 0 Å². The Labute approximate surface area is 110 Å². The van der Waals surface area contributed by atoms with Gasteiger partial charge in [-0.05, 0) is 18.8 Å². The average Bonchev–Trinajstić information content (AvgIpc) is 2.46. The molecule has 0 aliphatic heterocycles. The Bertz CT molecular complexity index is 399. The molecule has 1 heteroatoms. The first-order valence-corrected chi connectivity index (χ1v) is 7.05. The number of hydrogen-bond donors (Lipinski definition) is 0. The van der Waals surface area contributed by atoms with Crippen molar-refractivity contribution in [2.45, 2.75) is 39.0 Å². The Morgan fingerprint density at radius 3 is 2.50 bits per heavy atom. The molecule has 0 aromatic heterocycles. The summed E-state index contributed by atoms with van der Waals surface area (Å²) in [7, 11) is 0. The Hall–Kier alpha value is -1.37. The number of carbonyl (C=O) groups excluding carboxylic acids is 1. The molecule has 18 heavy (non-hydrogen) atoms. The van der Waals surface area contributed by atoms with Gasteiger partial charge in [0.2, 0.25) is 0 Å². The summed E-state index contributed by atoms with van der Waals surface area (Å²) >= 11 is 0. The molecule has 0 N–H and O–H groups in total. The predicted molar refractivity (Wildman–Crippen MR) is 75.7 cm³/mol. The van der Waals surface area contributed by atoms with Crippen LogP contribution in [-0.4, -0.2) is 5.78 Å². The molecule has 1 nitrogen and oxygen atoms in total. The zero-order chi connectivity index (χ0) is 12.8. The Kier molecular flexibility index (Phi) is 4.74. The molecule has 1 saturated carbocycles. The van der Waals surface area contributed by atoms with Crippen molar-refractivity contribution in [1.29, 1.82) is 0 Å². The molecule has 1 aromatic carbocycles. The van der Waals surface area contributed by atoms with Crippen LogP contribution in [0.2, 0.25) is 0 Å². The van der Waals surface area contributed by atoms with Gasteiger partial charge in [-0.2, -0.15) is 0 Å². The Morgan fingerprint density at radius 1 is 1.17 bits per heavy atom. The summed E-state index contributed by atoms with van der Waals surface area (Å²) in [5, 5.41) is 0. The highest BCUT2D eigenvalue weighted by atomic mass is 16.1. The van der Waals surface area contributed by atoms with E-state index in [2.05, 4.69) is 12.2 Å². The summed E-state index contributed by atoms with van der Waals surface area (Å²) in [6.07, 6.45) is 11.0. The zero-order valence-corrected chi connectivity index (χ0v) is 11.1. The first-order chi connectivity index (χ1) is 8.77. The molecule has 96 valence electrons. The maximum Gasteiger partial charge on any atom is 0.169 e. The molecule has 1 aliphatic carbocycles. The number of hydrogen-bond acceptors (Lipinski definition) is 1. The van der Waals surface area contributed by atoms with Crippen LogP contribution in [0.3, 0.4) is 0 Å². The topological polar surface area (TPSA) is 17.1 Å². The van der Waals surface area contributed by atoms with E-state index in [0.29, 0.717) is 5.92 Å². The fourth-order valence-corrected chi connectivity index (χ4v) is 2.60. The monoisotopic (exact) mass is 242 g/mol. The summed E-state index contributed by atoms with van der Waals surface area (Å²) in [4.78, 5) is 12.2. The molecule has 0 spiro atoms. The second-order valence-electron chi connectivity index (χ2n) is 5.30. The van der Waals surface area contributed by atoms with Crippen molar-refractivity contribution in [2.24, 2.45) is 11.8 Å². The number of Topliss-reactive ketones (excluding diaryl/α,β-unsaturated/α-hetero) is 1. The van der Waals surface area contributed by atoms with Crippen molar-refractivity contribution in [3.05, 3.63) is 48.0 Å². The van der Waals surface area contributed by atoms with Crippen LogP contribution in [0.15, 0.2) is 42.5 Å². The quantitative estimate of drug-likeness (QED) is 0.555. The van der Waals surface area contributed by atoms with Crippen molar-refractivity contribution in [1.82, 2.24) is 0 Å². The third kappa shape index (κ3) is 3.56. The zero-order valence-electron chi connectivity index (χ0n) is 11.1. The van der Waals surface area contributed by atoms with Crippen LogP contribution in [0, 0.1) is 11.8 Å². The fourth-order valence-electron chi connectivity index (χ4n) is 2.60. The lowest BCUT2D eigenvalue weighted by Gasteiger charge is -2.18. The van der Waals surface area contributed by atoms with E-state index in [-0.39, 0.29) is 11.7 Å². The molecular formula is C17H22O. The average molecular weight is 242 g/mol. The summed E-state index contributed by atoms with van der Waals surface area (Å²) in [6, 6.07) is 9.58. The number of benzene rings is 1. The van der Waals surface area contributed by atoms with Crippen molar-refractivity contribution in [2.75, 3.05) is 0 Å². The molecule has 0 heterocycles. The van der Waals surface area contributed by atoms with Gasteiger partial charge in [-0.3, -0.25) is 4.79 Å². The van der Waals surface area contributed by atoms with E-state index in [4.69, 9.17) is 0 Å². The molecule has 1 aliphatic rings. The van der Waals surface area contributed by atoms with Crippen LogP contribution >= 0.6 is 0 Å². The minimum absolute atomic E-state index is 0.00525. The van der Waals surface area contributed by atoms with Crippen molar-refractivity contribution < 1.29 is 4.79 Å². The number of allylic oxidation sites excluding steroid dienone is 2. The van der Waals surface area contributed by atoms with Crippen molar-refractivity contribution in [3.63, 3.8) is 0 Å². The van der Waals surface area contributed by atoms with E-state index in [9.17, 15) is 4.79 Å². The van der Waals surface area contributed by atoms with E-state index < -0.39 is 0 Å². The van der Waals surface area contributed by atoms with Crippen LogP contribution in [0.1, 0.15) is 49.4 Å². The summed E-state index contributed by atoms with van der Waals surface area (Å²) < 4.78 is 0. The number of carbonyl (C=O) groups is 1. The standard InChI is InChI=1S/C17H22O/c1-14(12-13-15-8-4-2-5-9-15)17(18)16-10-6-3-7-11-16/h3,6-7,10-15H,2,4-5,8-9H2,1H3/b13-12+/t14-/m0/s1. The van der Waals surface area contributed by atoms with Gasteiger partial charge in [0.25, 0.3) is 0 Å². The molecule has 0 unspecified atom stereocenters. The first-order valence-electron chi connectivity index (χ1n) is 7.05. The van der Waals surface area contributed by atoms with Gasteiger partial charge in [0.05, 0.1) is 0 Å². The largest absolute Gasteiger partial charge is 0.294 e. The lowest BCUT2D eigenvalue weighted by Crippen LogP contribution is -2.10. The van der Waals surface area contributed by atoms with E-state index in [1.54, 1.807) is 0 Å². The first kappa shape index (κ1) is 13.1.